The lowest BCUT2D eigenvalue weighted by Crippen LogP contribution is -2.37. The number of benzene rings is 1. The third-order valence-corrected chi connectivity index (χ3v) is 5.26. The molecule has 7 nitrogen and oxygen atoms in total. The highest BCUT2D eigenvalue weighted by atomic mass is 16.6. The molecule has 0 saturated carbocycles. The number of nitrogens with zero attached hydrogens (tertiary/aromatic N) is 3. The zero-order chi connectivity index (χ0) is 19.8. The zero-order valence-corrected chi connectivity index (χ0v) is 15.9. The molecule has 3 aromatic rings. The summed E-state index contributed by atoms with van der Waals surface area (Å²) >= 11 is 0. The minimum absolute atomic E-state index is 0.153. The molecular formula is C21H22N4O3. The monoisotopic (exact) mass is 378 g/mol. The van der Waals surface area contributed by atoms with E-state index in [0.717, 1.165) is 22.0 Å². The van der Waals surface area contributed by atoms with Crippen LogP contribution in [0.1, 0.15) is 34.1 Å². The summed E-state index contributed by atoms with van der Waals surface area (Å²) in [4.78, 5) is 31.4. The van der Waals surface area contributed by atoms with Crippen LogP contribution in [0.5, 0.6) is 0 Å². The number of hydrogen-bond donors (Lipinski definition) is 1. The van der Waals surface area contributed by atoms with Crippen LogP contribution in [0, 0.1) is 6.92 Å². The van der Waals surface area contributed by atoms with E-state index in [4.69, 9.17) is 10.5 Å². The van der Waals surface area contributed by atoms with Gasteiger partial charge in [0.25, 0.3) is 5.91 Å². The second kappa shape index (κ2) is 6.99. The molecule has 0 atom stereocenters. The predicted octanol–water partition coefficient (Wildman–Crippen LogP) is 3.13. The lowest BCUT2D eigenvalue weighted by Gasteiger charge is -2.28. The van der Waals surface area contributed by atoms with E-state index in [1.165, 1.54) is 0 Å². The number of carbonyl (C=O) groups is 2. The summed E-state index contributed by atoms with van der Waals surface area (Å²) in [5.74, 6) is -0.153. The Bertz CT molecular complexity index is 1090. The van der Waals surface area contributed by atoms with Crippen LogP contribution in [0.4, 0.5) is 10.5 Å². The lowest BCUT2D eigenvalue weighted by molar-refractivity contribution is 0.0959. The first-order valence-corrected chi connectivity index (χ1v) is 9.30. The fourth-order valence-corrected chi connectivity index (χ4v) is 3.82. The van der Waals surface area contributed by atoms with Crippen molar-refractivity contribution in [3.05, 3.63) is 59.0 Å². The Balaban J connectivity index is 1.75. The summed E-state index contributed by atoms with van der Waals surface area (Å²) in [5, 5.41) is 0.861. The van der Waals surface area contributed by atoms with E-state index in [2.05, 4.69) is 4.98 Å². The maximum atomic E-state index is 13.4. The van der Waals surface area contributed by atoms with E-state index < -0.39 is 0 Å². The molecular weight excluding hydrogens is 356 g/mol. The van der Waals surface area contributed by atoms with Crippen LogP contribution < -0.4 is 5.73 Å². The van der Waals surface area contributed by atoms with Gasteiger partial charge in [0, 0.05) is 30.0 Å². The highest BCUT2D eigenvalue weighted by Crippen LogP contribution is 2.30. The van der Waals surface area contributed by atoms with Crippen molar-refractivity contribution in [2.24, 2.45) is 0 Å². The van der Waals surface area contributed by atoms with Crippen LogP contribution in [0.15, 0.2) is 36.7 Å². The Morgan fingerprint density at radius 1 is 1.25 bits per heavy atom. The van der Waals surface area contributed by atoms with Gasteiger partial charge in [0.2, 0.25) is 0 Å². The quantitative estimate of drug-likeness (QED) is 0.740. The Morgan fingerprint density at radius 3 is 2.82 bits per heavy atom. The number of para-hydroxylation sites is 1. The van der Waals surface area contributed by atoms with Crippen LogP contribution in [0.2, 0.25) is 0 Å². The molecule has 7 heteroatoms. The molecule has 0 aliphatic carbocycles. The van der Waals surface area contributed by atoms with Crippen molar-refractivity contribution in [2.45, 2.75) is 26.8 Å². The topological polar surface area (TPSA) is 90.5 Å². The van der Waals surface area contributed by atoms with Gasteiger partial charge in [-0.3, -0.25) is 14.3 Å². The van der Waals surface area contributed by atoms with Gasteiger partial charge in [-0.1, -0.05) is 18.2 Å². The Morgan fingerprint density at radius 2 is 2.04 bits per heavy atom. The van der Waals surface area contributed by atoms with Crippen molar-refractivity contribution in [2.75, 3.05) is 18.9 Å². The molecule has 3 heterocycles. The number of nitrogen functional groups attached to an aromatic ring is 1. The van der Waals surface area contributed by atoms with Gasteiger partial charge < -0.3 is 15.4 Å². The number of anilines is 1. The van der Waals surface area contributed by atoms with Gasteiger partial charge in [0.05, 0.1) is 29.9 Å². The largest absolute Gasteiger partial charge is 0.450 e. The molecule has 1 amide bonds. The van der Waals surface area contributed by atoms with E-state index in [0.29, 0.717) is 43.1 Å². The average Bonchev–Trinajstić information content (AvgIpc) is 2.97. The minimum atomic E-state index is -0.343. The van der Waals surface area contributed by atoms with Crippen molar-refractivity contribution >= 4 is 28.6 Å². The molecule has 1 aliphatic heterocycles. The first-order valence-electron chi connectivity index (χ1n) is 9.30. The zero-order valence-electron chi connectivity index (χ0n) is 15.9. The molecule has 0 spiro atoms. The molecule has 0 saturated heterocycles. The molecule has 1 aromatic carbocycles. The number of pyridine rings is 1. The third kappa shape index (κ3) is 2.79. The number of fused-ring (bicyclic) bond motifs is 2. The van der Waals surface area contributed by atoms with Crippen molar-refractivity contribution in [1.29, 1.82) is 0 Å². The van der Waals surface area contributed by atoms with Crippen molar-refractivity contribution < 1.29 is 14.3 Å². The summed E-state index contributed by atoms with van der Waals surface area (Å²) in [6, 6.07) is 7.60. The van der Waals surface area contributed by atoms with Gasteiger partial charge in [0.1, 0.15) is 0 Å². The Kier molecular flexibility index (Phi) is 4.50. The standard InChI is InChI=1S/C21H22N4O3/c1-3-28-21(27)24-9-8-15-14(12-24)10-23-11-17(15)20(26)25-13(2)19(22)16-6-4-5-7-18(16)25/h4-7,10-11H,3,8-9,12,22H2,1-2H3. The van der Waals surface area contributed by atoms with Crippen LogP contribution in [-0.2, 0) is 17.7 Å². The van der Waals surface area contributed by atoms with E-state index in [-0.39, 0.29) is 12.0 Å². The number of ether oxygens (including phenoxy) is 1. The SMILES string of the molecule is CCOC(=O)N1CCc2c(cncc2C(=O)n2c(C)c(N)c3ccccc32)C1. The van der Waals surface area contributed by atoms with Crippen LogP contribution in [0.25, 0.3) is 10.9 Å². The molecule has 144 valence electrons. The number of rotatable bonds is 2. The van der Waals surface area contributed by atoms with Crippen LogP contribution in [0.3, 0.4) is 0 Å². The van der Waals surface area contributed by atoms with E-state index >= 15 is 0 Å². The van der Waals surface area contributed by atoms with Gasteiger partial charge in [0.15, 0.2) is 0 Å². The van der Waals surface area contributed by atoms with E-state index in [1.807, 2.05) is 31.2 Å². The smallest absolute Gasteiger partial charge is 0.410 e. The third-order valence-electron chi connectivity index (χ3n) is 5.26. The summed E-state index contributed by atoms with van der Waals surface area (Å²) in [5.41, 5.74) is 10.7. The Hall–Kier alpha value is -3.35. The summed E-state index contributed by atoms with van der Waals surface area (Å²) in [6.07, 6.45) is 3.55. The molecule has 1 aliphatic rings. The van der Waals surface area contributed by atoms with Crippen molar-refractivity contribution in [1.82, 2.24) is 14.5 Å². The fraction of sp³-hybridized carbons (Fsp3) is 0.286. The van der Waals surface area contributed by atoms with Crippen LogP contribution in [-0.4, -0.2) is 39.6 Å². The van der Waals surface area contributed by atoms with Gasteiger partial charge >= 0.3 is 6.09 Å². The molecule has 2 aromatic heterocycles. The highest BCUT2D eigenvalue weighted by Gasteiger charge is 2.27. The molecule has 0 unspecified atom stereocenters. The van der Waals surface area contributed by atoms with E-state index in [1.54, 1.807) is 28.8 Å². The van der Waals surface area contributed by atoms with Crippen LogP contribution >= 0.6 is 0 Å². The van der Waals surface area contributed by atoms with Crippen molar-refractivity contribution in [3.63, 3.8) is 0 Å². The average molecular weight is 378 g/mol. The summed E-state index contributed by atoms with van der Waals surface area (Å²) in [7, 11) is 0. The number of amides is 1. The number of aromatic nitrogens is 2. The van der Waals surface area contributed by atoms with Gasteiger partial charge in [-0.05, 0) is 37.5 Å². The number of hydrogen-bond acceptors (Lipinski definition) is 5. The normalized spacial score (nSPS) is 13.4. The molecule has 4 rings (SSSR count). The highest BCUT2D eigenvalue weighted by molar-refractivity contribution is 6.07. The molecule has 0 radical (unpaired) electrons. The fourth-order valence-electron chi connectivity index (χ4n) is 3.82. The van der Waals surface area contributed by atoms with Gasteiger partial charge in [-0.25, -0.2) is 4.79 Å². The summed E-state index contributed by atoms with van der Waals surface area (Å²) < 4.78 is 6.74. The Labute approximate surface area is 162 Å². The maximum absolute atomic E-state index is 13.4. The lowest BCUT2D eigenvalue weighted by atomic mass is 9.97. The molecule has 0 fully saturated rings. The van der Waals surface area contributed by atoms with Gasteiger partial charge in [-0.15, -0.1) is 0 Å². The molecule has 0 bridgehead atoms. The molecule has 2 N–H and O–H groups in total. The second-order valence-corrected chi connectivity index (χ2v) is 6.85. The number of carbonyl (C=O) groups excluding carboxylic acids is 2. The second-order valence-electron chi connectivity index (χ2n) is 6.85. The first kappa shape index (κ1) is 18.0. The first-order chi connectivity index (χ1) is 13.5. The van der Waals surface area contributed by atoms with Gasteiger partial charge in [-0.2, -0.15) is 0 Å². The maximum Gasteiger partial charge on any atom is 0.410 e. The summed E-state index contributed by atoms with van der Waals surface area (Å²) in [6.45, 7) is 4.85. The predicted molar refractivity (Wildman–Crippen MR) is 106 cm³/mol. The minimum Gasteiger partial charge on any atom is -0.450 e. The van der Waals surface area contributed by atoms with E-state index in [9.17, 15) is 9.59 Å². The molecule has 28 heavy (non-hydrogen) atoms. The number of nitrogens with two attached hydrogens (primary N) is 1. The van der Waals surface area contributed by atoms with Crippen molar-refractivity contribution in [3.8, 4) is 0 Å².